The summed E-state index contributed by atoms with van der Waals surface area (Å²) in [5.74, 6) is 0.367. The second-order valence-electron chi connectivity index (χ2n) is 5.53. The third-order valence-electron chi connectivity index (χ3n) is 3.78. The maximum absolute atomic E-state index is 12.1. The van der Waals surface area contributed by atoms with Crippen LogP contribution < -0.4 is 10.2 Å². The molecule has 1 aliphatic rings. The largest absolute Gasteiger partial charge is 0.382 e. The second-order valence-corrected chi connectivity index (χ2v) is 5.53. The molecule has 1 aromatic heterocycles. The summed E-state index contributed by atoms with van der Waals surface area (Å²) in [5.41, 5.74) is 0.126. The molecule has 1 saturated heterocycles. The predicted molar refractivity (Wildman–Crippen MR) is 93.6 cm³/mol. The highest BCUT2D eigenvalue weighted by Gasteiger charge is 2.18. The Bertz CT molecular complexity index is 605. The molecule has 0 bridgehead atoms. The van der Waals surface area contributed by atoms with Crippen LogP contribution in [0.1, 0.15) is 13.3 Å². The van der Waals surface area contributed by atoms with E-state index in [1.165, 1.54) is 0 Å². The average molecular weight is 344 g/mol. The Morgan fingerprint density at radius 1 is 1.36 bits per heavy atom. The van der Waals surface area contributed by atoms with Crippen molar-refractivity contribution in [1.82, 2.24) is 20.2 Å². The molecule has 0 aliphatic carbocycles. The predicted octanol–water partition coefficient (Wildman–Crippen LogP) is 0.549. The summed E-state index contributed by atoms with van der Waals surface area (Å²) >= 11 is 0. The van der Waals surface area contributed by atoms with Gasteiger partial charge in [-0.1, -0.05) is 0 Å². The Labute approximate surface area is 148 Å². The van der Waals surface area contributed by atoms with E-state index in [1.807, 2.05) is 17.9 Å². The summed E-state index contributed by atoms with van der Waals surface area (Å²) in [5, 5.41) is 12.0. The molecule has 0 saturated carbocycles. The van der Waals surface area contributed by atoms with Gasteiger partial charge in [0, 0.05) is 64.5 Å². The summed E-state index contributed by atoms with van der Waals surface area (Å²) in [4.78, 5) is 24.6. The fourth-order valence-corrected chi connectivity index (χ4v) is 2.44. The van der Waals surface area contributed by atoms with Crippen molar-refractivity contribution in [1.29, 1.82) is 5.26 Å². The molecular formula is C17H24N6O2. The standard InChI is InChI=1S/C17H24N6O2/c1-2-25-12-4-7-19-16(24)15(13-18)14-22-8-10-23(11-9-22)17-20-5-3-6-21-17/h3,5-6,14H,2,4,7-12H2,1H3,(H,19,24)/b15-14-. The van der Waals surface area contributed by atoms with Crippen LogP contribution in [0, 0.1) is 11.3 Å². The van der Waals surface area contributed by atoms with Crippen LogP contribution in [0.15, 0.2) is 30.2 Å². The molecule has 1 aliphatic heterocycles. The molecule has 1 fully saturated rings. The quantitative estimate of drug-likeness (QED) is 0.418. The summed E-state index contributed by atoms with van der Waals surface area (Å²) in [7, 11) is 0. The fraction of sp³-hybridized carbons (Fsp3) is 0.529. The third kappa shape index (κ3) is 6.04. The minimum Gasteiger partial charge on any atom is -0.382 e. The van der Waals surface area contributed by atoms with Crippen molar-refractivity contribution in [3.05, 3.63) is 30.2 Å². The van der Waals surface area contributed by atoms with Crippen molar-refractivity contribution in [2.45, 2.75) is 13.3 Å². The van der Waals surface area contributed by atoms with Gasteiger partial charge >= 0.3 is 0 Å². The highest BCUT2D eigenvalue weighted by molar-refractivity contribution is 5.97. The van der Waals surface area contributed by atoms with Gasteiger partial charge < -0.3 is 19.9 Å². The molecule has 0 unspecified atom stereocenters. The van der Waals surface area contributed by atoms with Gasteiger partial charge in [0.1, 0.15) is 11.6 Å². The van der Waals surface area contributed by atoms with Gasteiger partial charge in [-0.2, -0.15) is 5.26 Å². The molecule has 8 heteroatoms. The molecule has 0 aromatic carbocycles. The first kappa shape index (κ1) is 18.7. The number of nitrogens with one attached hydrogen (secondary N) is 1. The van der Waals surface area contributed by atoms with E-state index in [1.54, 1.807) is 24.7 Å². The smallest absolute Gasteiger partial charge is 0.263 e. The van der Waals surface area contributed by atoms with Gasteiger partial charge in [0.25, 0.3) is 5.91 Å². The van der Waals surface area contributed by atoms with Crippen LogP contribution in [0.2, 0.25) is 0 Å². The number of hydrogen-bond donors (Lipinski definition) is 1. The first-order valence-corrected chi connectivity index (χ1v) is 8.48. The van der Waals surface area contributed by atoms with Crippen molar-refractivity contribution >= 4 is 11.9 Å². The summed E-state index contributed by atoms with van der Waals surface area (Å²) < 4.78 is 5.22. The maximum Gasteiger partial charge on any atom is 0.263 e. The zero-order valence-corrected chi connectivity index (χ0v) is 14.5. The van der Waals surface area contributed by atoms with Crippen LogP contribution in [0.3, 0.4) is 0 Å². The molecule has 2 heterocycles. The summed E-state index contributed by atoms with van der Waals surface area (Å²) in [6.07, 6.45) is 5.81. The first-order chi connectivity index (χ1) is 12.2. The molecule has 1 aromatic rings. The number of piperazine rings is 1. The van der Waals surface area contributed by atoms with Crippen LogP contribution in [0.5, 0.6) is 0 Å². The van der Waals surface area contributed by atoms with Crippen molar-refractivity contribution in [3.8, 4) is 6.07 Å². The minimum absolute atomic E-state index is 0.126. The first-order valence-electron chi connectivity index (χ1n) is 8.48. The Kier molecular flexibility index (Phi) is 7.66. The molecule has 0 spiro atoms. The van der Waals surface area contributed by atoms with E-state index in [4.69, 9.17) is 4.74 Å². The number of nitrogens with zero attached hydrogens (tertiary/aromatic N) is 5. The van der Waals surface area contributed by atoms with E-state index in [9.17, 15) is 10.1 Å². The third-order valence-corrected chi connectivity index (χ3v) is 3.78. The van der Waals surface area contributed by atoms with E-state index in [0.717, 1.165) is 19.5 Å². The van der Waals surface area contributed by atoms with E-state index in [2.05, 4.69) is 20.2 Å². The average Bonchev–Trinajstić information content (AvgIpc) is 2.67. The number of nitriles is 1. The lowest BCUT2D eigenvalue weighted by molar-refractivity contribution is -0.117. The number of amides is 1. The Morgan fingerprint density at radius 3 is 2.72 bits per heavy atom. The normalized spacial score (nSPS) is 15.0. The van der Waals surface area contributed by atoms with Gasteiger partial charge in [0.2, 0.25) is 5.95 Å². The number of ether oxygens (including phenoxy) is 1. The van der Waals surface area contributed by atoms with Crippen LogP contribution in [-0.4, -0.2) is 66.7 Å². The van der Waals surface area contributed by atoms with E-state index >= 15 is 0 Å². The second kappa shape index (κ2) is 10.3. The SMILES string of the molecule is CCOCCCNC(=O)/C(C#N)=C\N1CCN(c2ncccn2)CC1. The monoisotopic (exact) mass is 344 g/mol. The lowest BCUT2D eigenvalue weighted by atomic mass is 10.2. The highest BCUT2D eigenvalue weighted by atomic mass is 16.5. The number of carbonyl (C=O) groups excluding carboxylic acids is 1. The number of carbonyl (C=O) groups is 1. The number of aromatic nitrogens is 2. The topological polar surface area (TPSA) is 94.4 Å². The molecular weight excluding hydrogens is 320 g/mol. The van der Waals surface area contributed by atoms with E-state index in [0.29, 0.717) is 38.8 Å². The van der Waals surface area contributed by atoms with E-state index in [-0.39, 0.29) is 11.5 Å². The number of anilines is 1. The molecule has 2 rings (SSSR count). The van der Waals surface area contributed by atoms with Gasteiger partial charge in [0.05, 0.1) is 0 Å². The molecule has 134 valence electrons. The molecule has 8 nitrogen and oxygen atoms in total. The number of rotatable bonds is 8. The molecule has 1 N–H and O–H groups in total. The number of hydrogen-bond acceptors (Lipinski definition) is 7. The molecule has 0 radical (unpaired) electrons. The minimum atomic E-state index is -0.340. The lowest BCUT2D eigenvalue weighted by Gasteiger charge is -2.34. The van der Waals surface area contributed by atoms with Gasteiger partial charge in [-0.3, -0.25) is 4.79 Å². The van der Waals surface area contributed by atoms with Crippen LogP contribution >= 0.6 is 0 Å². The van der Waals surface area contributed by atoms with Crippen molar-refractivity contribution in [3.63, 3.8) is 0 Å². The van der Waals surface area contributed by atoms with Crippen LogP contribution in [0.4, 0.5) is 5.95 Å². The van der Waals surface area contributed by atoms with Crippen LogP contribution in [0.25, 0.3) is 0 Å². The lowest BCUT2D eigenvalue weighted by Crippen LogP contribution is -2.45. The molecule has 0 atom stereocenters. The Balaban J connectivity index is 1.80. The van der Waals surface area contributed by atoms with Gasteiger partial charge in [0.15, 0.2) is 0 Å². The van der Waals surface area contributed by atoms with Gasteiger partial charge in [-0.05, 0) is 19.4 Å². The van der Waals surface area contributed by atoms with Crippen LogP contribution in [-0.2, 0) is 9.53 Å². The summed E-state index contributed by atoms with van der Waals surface area (Å²) in [6, 6.07) is 3.77. The summed E-state index contributed by atoms with van der Waals surface area (Å²) in [6.45, 7) is 6.60. The Morgan fingerprint density at radius 2 is 2.08 bits per heavy atom. The molecule has 25 heavy (non-hydrogen) atoms. The molecule has 1 amide bonds. The van der Waals surface area contributed by atoms with E-state index < -0.39 is 0 Å². The van der Waals surface area contributed by atoms with Gasteiger partial charge in [-0.15, -0.1) is 0 Å². The van der Waals surface area contributed by atoms with Crippen molar-refractivity contribution < 1.29 is 9.53 Å². The zero-order chi connectivity index (χ0) is 17.9. The Hall–Kier alpha value is -2.66. The van der Waals surface area contributed by atoms with Crippen molar-refractivity contribution in [2.24, 2.45) is 0 Å². The fourth-order valence-electron chi connectivity index (χ4n) is 2.44. The van der Waals surface area contributed by atoms with Gasteiger partial charge in [-0.25, -0.2) is 9.97 Å². The zero-order valence-electron chi connectivity index (χ0n) is 14.5. The van der Waals surface area contributed by atoms with Crippen molar-refractivity contribution in [2.75, 3.05) is 50.8 Å². The maximum atomic E-state index is 12.1. The highest BCUT2D eigenvalue weighted by Crippen LogP contribution is 2.10.